The first-order chi connectivity index (χ1) is 8.23. The first-order valence-electron chi connectivity index (χ1n) is 6.36. The predicted octanol–water partition coefficient (Wildman–Crippen LogP) is 1.44. The smallest absolute Gasteiger partial charge is 0.115 e. The minimum atomic E-state index is 0.354. The number of nitrogens with one attached hydrogen (secondary N) is 1. The standard InChI is InChI=1S/C13H22N4/c1-17(2)13(6-3-4-7-13)10-15-9-12-5-8-14-11-16-12/h5,8,11,15H,3-4,6-7,9-10H2,1-2H3. The molecule has 2 rings (SSSR count). The Kier molecular flexibility index (Phi) is 4.07. The molecule has 0 spiro atoms. The second-order valence-corrected chi connectivity index (χ2v) is 5.13. The molecule has 1 heterocycles. The Morgan fingerprint density at radius 2 is 2.12 bits per heavy atom. The van der Waals surface area contributed by atoms with Crippen molar-refractivity contribution in [3.8, 4) is 0 Å². The number of hydrogen-bond acceptors (Lipinski definition) is 4. The summed E-state index contributed by atoms with van der Waals surface area (Å²) in [6.07, 6.45) is 8.71. The summed E-state index contributed by atoms with van der Waals surface area (Å²) in [6.45, 7) is 1.88. The molecule has 0 unspecified atom stereocenters. The van der Waals surface area contributed by atoms with Gasteiger partial charge in [0.1, 0.15) is 6.33 Å². The average Bonchev–Trinajstić information content (AvgIpc) is 2.80. The van der Waals surface area contributed by atoms with Gasteiger partial charge in [0.25, 0.3) is 0 Å². The molecule has 0 radical (unpaired) electrons. The van der Waals surface area contributed by atoms with Crippen LogP contribution in [0.2, 0.25) is 0 Å². The van der Waals surface area contributed by atoms with Crippen molar-refractivity contribution in [2.75, 3.05) is 20.6 Å². The van der Waals surface area contributed by atoms with Crippen LogP contribution in [0.5, 0.6) is 0 Å². The normalized spacial score (nSPS) is 18.8. The molecule has 1 saturated carbocycles. The Labute approximate surface area is 103 Å². The maximum absolute atomic E-state index is 4.22. The quantitative estimate of drug-likeness (QED) is 0.837. The van der Waals surface area contributed by atoms with Gasteiger partial charge >= 0.3 is 0 Å². The van der Waals surface area contributed by atoms with Crippen molar-refractivity contribution >= 4 is 0 Å². The fourth-order valence-corrected chi connectivity index (χ4v) is 2.66. The Bertz CT molecular complexity index is 331. The molecule has 0 aliphatic heterocycles. The Morgan fingerprint density at radius 1 is 1.35 bits per heavy atom. The Balaban J connectivity index is 1.84. The lowest BCUT2D eigenvalue weighted by atomic mass is 9.96. The molecular formula is C13H22N4. The number of nitrogens with zero attached hydrogens (tertiary/aromatic N) is 3. The van der Waals surface area contributed by atoms with Crippen LogP contribution in [0.15, 0.2) is 18.6 Å². The van der Waals surface area contributed by atoms with Crippen molar-refractivity contribution < 1.29 is 0 Å². The molecule has 1 fully saturated rings. The molecule has 0 aromatic carbocycles. The van der Waals surface area contributed by atoms with Crippen LogP contribution >= 0.6 is 0 Å². The van der Waals surface area contributed by atoms with Crippen LogP contribution in [-0.4, -0.2) is 41.0 Å². The van der Waals surface area contributed by atoms with Gasteiger partial charge in [-0.3, -0.25) is 0 Å². The molecule has 0 saturated heterocycles. The highest BCUT2D eigenvalue weighted by atomic mass is 15.2. The molecule has 1 aromatic heterocycles. The van der Waals surface area contributed by atoms with Gasteiger partial charge in [0.15, 0.2) is 0 Å². The van der Waals surface area contributed by atoms with Gasteiger partial charge in [-0.2, -0.15) is 0 Å². The SMILES string of the molecule is CN(C)C1(CNCc2ccncn2)CCCC1. The molecule has 4 nitrogen and oxygen atoms in total. The van der Waals surface area contributed by atoms with E-state index in [4.69, 9.17) is 0 Å². The summed E-state index contributed by atoms with van der Waals surface area (Å²) in [5, 5.41) is 3.53. The van der Waals surface area contributed by atoms with E-state index < -0.39 is 0 Å². The zero-order valence-corrected chi connectivity index (χ0v) is 10.8. The summed E-state index contributed by atoms with van der Waals surface area (Å²) in [7, 11) is 4.38. The number of hydrogen-bond donors (Lipinski definition) is 1. The lowest BCUT2D eigenvalue weighted by Crippen LogP contribution is -2.49. The van der Waals surface area contributed by atoms with Crippen LogP contribution in [0.3, 0.4) is 0 Å². The number of aromatic nitrogens is 2. The van der Waals surface area contributed by atoms with Crippen molar-refractivity contribution in [2.45, 2.75) is 37.8 Å². The van der Waals surface area contributed by atoms with E-state index in [2.05, 4.69) is 34.3 Å². The van der Waals surface area contributed by atoms with E-state index >= 15 is 0 Å². The van der Waals surface area contributed by atoms with Crippen LogP contribution in [0.4, 0.5) is 0 Å². The van der Waals surface area contributed by atoms with Gasteiger partial charge in [-0.1, -0.05) is 12.8 Å². The first kappa shape index (κ1) is 12.5. The average molecular weight is 234 g/mol. The zero-order valence-electron chi connectivity index (χ0n) is 10.8. The highest BCUT2D eigenvalue weighted by molar-refractivity contribution is 4.99. The molecule has 1 aromatic rings. The van der Waals surface area contributed by atoms with Crippen molar-refractivity contribution in [2.24, 2.45) is 0 Å². The lowest BCUT2D eigenvalue weighted by Gasteiger charge is -2.36. The highest BCUT2D eigenvalue weighted by Gasteiger charge is 2.35. The van der Waals surface area contributed by atoms with E-state index in [9.17, 15) is 0 Å². The van der Waals surface area contributed by atoms with E-state index in [1.807, 2.05) is 6.07 Å². The van der Waals surface area contributed by atoms with E-state index in [1.54, 1.807) is 12.5 Å². The molecule has 1 aliphatic carbocycles. The summed E-state index contributed by atoms with van der Waals surface area (Å²) in [4.78, 5) is 10.5. The van der Waals surface area contributed by atoms with E-state index in [0.29, 0.717) is 5.54 Å². The van der Waals surface area contributed by atoms with Gasteiger partial charge in [-0.05, 0) is 33.0 Å². The van der Waals surface area contributed by atoms with Crippen LogP contribution in [-0.2, 0) is 6.54 Å². The maximum atomic E-state index is 4.22. The van der Waals surface area contributed by atoms with E-state index in [-0.39, 0.29) is 0 Å². The van der Waals surface area contributed by atoms with Crippen LogP contribution in [0.1, 0.15) is 31.4 Å². The fourth-order valence-electron chi connectivity index (χ4n) is 2.66. The highest BCUT2D eigenvalue weighted by Crippen LogP contribution is 2.33. The minimum Gasteiger partial charge on any atom is -0.309 e. The summed E-state index contributed by atoms with van der Waals surface area (Å²) >= 11 is 0. The third kappa shape index (κ3) is 3.01. The summed E-state index contributed by atoms with van der Waals surface area (Å²) in [6, 6.07) is 1.96. The lowest BCUT2D eigenvalue weighted by molar-refractivity contribution is 0.153. The third-order valence-electron chi connectivity index (χ3n) is 3.89. The summed E-state index contributed by atoms with van der Waals surface area (Å²) < 4.78 is 0. The fraction of sp³-hybridized carbons (Fsp3) is 0.692. The molecule has 4 heteroatoms. The molecule has 0 amide bonds. The van der Waals surface area contributed by atoms with Gasteiger partial charge in [0, 0.05) is 24.8 Å². The monoisotopic (exact) mass is 234 g/mol. The summed E-state index contributed by atoms with van der Waals surface area (Å²) in [5.41, 5.74) is 1.42. The maximum Gasteiger partial charge on any atom is 0.115 e. The topological polar surface area (TPSA) is 41.0 Å². The van der Waals surface area contributed by atoms with Crippen molar-refractivity contribution in [1.82, 2.24) is 20.2 Å². The molecule has 94 valence electrons. The Hall–Kier alpha value is -1.00. The predicted molar refractivity (Wildman–Crippen MR) is 68.6 cm³/mol. The van der Waals surface area contributed by atoms with Crippen LogP contribution < -0.4 is 5.32 Å². The first-order valence-corrected chi connectivity index (χ1v) is 6.36. The molecule has 1 N–H and O–H groups in total. The second-order valence-electron chi connectivity index (χ2n) is 5.13. The zero-order chi connectivity index (χ0) is 12.1. The van der Waals surface area contributed by atoms with Gasteiger partial charge < -0.3 is 10.2 Å². The summed E-state index contributed by atoms with van der Waals surface area (Å²) in [5.74, 6) is 0. The largest absolute Gasteiger partial charge is 0.309 e. The molecule has 17 heavy (non-hydrogen) atoms. The minimum absolute atomic E-state index is 0.354. The van der Waals surface area contributed by atoms with Gasteiger partial charge in [-0.15, -0.1) is 0 Å². The van der Waals surface area contributed by atoms with Crippen molar-refractivity contribution in [3.05, 3.63) is 24.3 Å². The van der Waals surface area contributed by atoms with Crippen LogP contribution in [0.25, 0.3) is 0 Å². The van der Waals surface area contributed by atoms with Crippen molar-refractivity contribution in [1.29, 1.82) is 0 Å². The molecule has 1 aliphatic rings. The number of likely N-dealkylation sites (N-methyl/N-ethyl adjacent to an activating group) is 1. The number of rotatable bonds is 5. The third-order valence-corrected chi connectivity index (χ3v) is 3.89. The second kappa shape index (κ2) is 5.56. The van der Waals surface area contributed by atoms with Gasteiger partial charge in [-0.25, -0.2) is 9.97 Å². The molecule has 0 atom stereocenters. The molecule has 0 bridgehead atoms. The van der Waals surface area contributed by atoms with E-state index in [1.165, 1.54) is 25.7 Å². The van der Waals surface area contributed by atoms with Gasteiger partial charge in [0.2, 0.25) is 0 Å². The van der Waals surface area contributed by atoms with Crippen molar-refractivity contribution in [3.63, 3.8) is 0 Å². The molecular weight excluding hydrogens is 212 g/mol. The Morgan fingerprint density at radius 3 is 2.71 bits per heavy atom. The van der Waals surface area contributed by atoms with Gasteiger partial charge in [0.05, 0.1) is 5.69 Å². The van der Waals surface area contributed by atoms with Crippen LogP contribution in [0, 0.1) is 0 Å². The van der Waals surface area contributed by atoms with E-state index in [0.717, 1.165) is 18.8 Å².